The van der Waals surface area contributed by atoms with Crippen LogP contribution in [0.15, 0.2) is 42.5 Å². The van der Waals surface area contributed by atoms with Gasteiger partial charge in [0, 0.05) is 18.3 Å². The van der Waals surface area contributed by atoms with Crippen LogP contribution < -0.4 is 5.73 Å². The molecule has 184 valence electrons. The van der Waals surface area contributed by atoms with E-state index in [1.807, 2.05) is 19.1 Å². The molecule has 0 spiro atoms. The van der Waals surface area contributed by atoms with Crippen LogP contribution in [0.2, 0.25) is 0 Å². The molecule has 36 heavy (non-hydrogen) atoms. The largest absolute Gasteiger partial charge is 0.507 e. The van der Waals surface area contributed by atoms with E-state index < -0.39 is 76.6 Å². The van der Waals surface area contributed by atoms with Gasteiger partial charge < -0.3 is 21.1 Å². The number of hydrogen-bond donors (Lipinski definition) is 4. The van der Waals surface area contributed by atoms with Gasteiger partial charge in [-0.15, -0.1) is 0 Å². The summed E-state index contributed by atoms with van der Waals surface area (Å²) in [5.41, 5.74) is 4.37. The highest BCUT2D eigenvalue weighted by molar-refractivity contribution is 6.32. The number of carbonyl (C=O) groups is 5. The molecular weight excluding hydrogens is 466 g/mol. The number of primary amides is 1. The number of hydrogen-bond acceptors (Lipinski definition) is 8. The number of carbonyl (C=O) groups excluding carboxylic acids is 5. The van der Waals surface area contributed by atoms with Gasteiger partial charge in [0.05, 0.1) is 17.6 Å². The first kappa shape index (κ1) is 23.8. The molecule has 9 heteroatoms. The molecule has 2 saturated carbocycles. The monoisotopic (exact) mass is 489 g/mol. The number of aromatic hydroxyl groups is 1. The van der Waals surface area contributed by atoms with Crippen molar-refractivity contribution in [3.63, 3.8) is 0 Å². The summed E-state index contributed by atoms with van der Waals surface area (Å²) in [7, 11) is 0. The van der Waals surface area contributed by atoms with Crippen LogP contribution in [0.25, 0.3) is 11.6 Å². The molecule has 6 unspecified atom stereocenters. The number of phenols is 1. The number of aliphatic hydroxyl groups is 2. The standard InChI is InChI=1S/C27H23NO8/c1-11-5-7-12(8-6-11)9-14-13-3-2-4-16(29)18(13)23(32)21-19(14)22(31)15-10-17(30)20(26(28)35)24(33)27(15,36)25(21)34/h2-9,15,19-22,29,31,36H,10H2,1H3,(H2,28,35). The lowest BCUT2D eigenvalue weighted by atomic mass is 9.51. The van der Waals surface area contributed by atoms with E-state index >= 15 is 0 Å². The molecule has 2 fully saturated rings. The van der Waals surface area contributed by atoms with Crippen molar-refractivity contribution < 1.29 is 39.3 Å². The van der Waals surface area contributed by atoms with Crippen molar-refractivity contribution >= 4 is 40.7 Å². The fraction of sp³-hybridized carbons (Fsp3) is 0.296. The second-order valence-corrected chi connectivity index (χ2v) is 9.68. The SMILES string of the molecule is Cc1ccc(C=C2c3cccc(O)c3C(=O)C3C(=O)C4(O)C(=O)C(C(N)=O)C(=O)CC4C(O)C23)cc1. The summed E-state index contributed by atoms with van der Waals surface area (Å²) in [6, 6.07) is 11.7. The normalized spacial score (nSPS) is 32.6. The molecule has 5 N–H and O–H groups in total. The van der Waals surface area contributed by atoms with Crippen LogP contribution in [0.4, 0.5) is 0 Å². The van der Waals surface area contributed by atoms with E-state index in [1.54, 1.807) is 24.3 Å². The van der Waals surface area contributed by atoms with Crippen molar-refractivity contribution in [1.82, 2.24) is 0 Å². The van der Waals surface area contributed by atoms with Gasteiger partial charge in [0.25, 0.3) is 0 Å². The number of Topliss-reactive ketones (excluding diaryl/α,β-unsaturated/α-hetero) is 4. The average Bonchev–Trinajstić information content (AvgIpc) is 2.82. The van der Waals surface area contributed by atoms with E-state index in [0.29, 0.717) is 16.7 Å². The minimum Gasteiger partial charge on any atom is -0.507 e. The summed E-state index contributed by atoms with van der Waals surface area (Å²) in [5.74, 6) is -12.7. The van der Waals surface area contributed by atoms with Crippen LogP contribution in [-0.4, -0.2) is 56.1 Å². The molecular formula is C27H23NO8. The average molecular weight is 489 g/mol. The first-order valence-corrected chi connectivity index (χ1v) is 11.4. The van der Waals surface area contributed by atoms with Gasteiger partial charge in [0.2, 0.25) is 5.91 Å². The number of nitrogens with two attached hydrogens (primary N) is 1. The Kier molecular flexibility index (Phi) is 5.31. The predicted molar refractivity (Wildman–Crippen MR) is 125 cm³/mol. The van der Waals surface area contributed by atoms with Crippen LogP contribution in [0.3, 0.4) is 0 Å². The van der Waals surface area contributed by atoms with Crippen molar-refractivity contribution in [2.75, 3.05) is 0 Å². The number of benzene rings is 2. The van der Waals surface area contributed by atoms with Crippen LogP contribution in [0.5, 0.6) is 5.75 Å². The molecule has 5 rings (SSSR count). The number of amides is 1. The molecule has 3 aliphatic rings. The second kappa shape index (κ2) is 8.04. The highest BCUT2D eigenvalue weighted by atomic mass is 16.3. The molecule has 0 bridgehead atoms. The zero-order chi connectivity index (χ0) is 26.1. The number of rotatable bonds is 2. The van der Waals surface area contributed by atoms with Crippen molar-refractivity contribution in [2.24, 2.45) is 29.4 Å². The molecule has 0 saturated heterocycles. The third kappa shape index (κ3) is 3.13. The lowest BCUT2D eigenvalue weighted by molar-refractivity contribution is -0.185. The van der Waals surface area contributed by atoms with E-state index in [2.05, 4.69) is 0 Å². The Balaban J connectivity index is 1.74. The Bertz CT molecular complexity index is 1390. The lowest BCUT2D eigenvalue weighted by Crippen LogP contribution is -2.72. The maximum absolute atomic E-state index is 13.7. The van der Waals surface area contributed by atoms with Gasteiger partial charge in [-0.3, -0.25) is 24.0 Å². The third-order valence-electron chi connectivity index (χ3n) is 7.64. The molecule has 6 atom stereocenters. The Hall–Kier alpha value is -3.95. The fourth-order valence-electron chi connectivity index (χ4n) is 5.88. The Morgan fingerprint density at radius 1 is 1.06 bits per heavy atom. The first-order valence-electron chi connectivity index (χ1n) is 11.4. The third-order valence-corrected chi connectivity index (χ3v) is 7.64. The van der Waals surface area contributed by atoms with Gasteiger partial charge in [-0.25, -0.2) is 0 Å². The fourth-order valence-corrected chi connectivity index (χ4v) is 5.88. The van der Waals surface area contributed by atoms with Gasteiger partial charge >= 0.3 is 0 Å². The Morgan fingerprint density at radius 3 is 2.36 bits per heavy atom. The number of ketones is 4. The maximum Gasteiger partial charge on any atom is 0.235 e. The summed E-state index contributed by atoms with van der Waals surface area (Å²) in [6.45, 7) is 1.90. The number of aryl methyl sites for hydroxylation is 1. The van der Waals surface area contributed by atoms with Crippen molar-refractivity contribution in [3.8, 4) is 5.75 Å². The molecule has 3 aliphatic carbocycles. The molecule has 1 amide bonds. The zero-order valence-corrected chi connectivity index (χ0v) is 19.2. The smallest absolute Gasteiger partial charge is 0.235 e. The molecule has 0 heterocycles. The Morgan fingerprint density at radius 2 is 1.72 bits per heavy atom. The highest BCUT2D eigenvalue weighted by Crippen LogP contribution is 2.54. The quantitative estimate of drug-likeness (QED) is 0.444. The highest BCUT2D eigenvalue weighted by Gasteiger charge is 2.69. The summed E-state index contributed by atoms with van der Waals surface area (Å²) in [6.07, 6.45) is -0.651. The summed E-state index contributed by atoms with van der Waals surface area (Å²) < 4.78 is 0. The van der Waals surface area contributed by atoms with Gasteiger partial charge in [-0.1, -0.05) is 48.0 Å². The van der Waals surface area contributed by atoms with Crippen molar-refractivity contribution in [1.29, 1.82) is 0 Å². The van der Waals surface area contributed by atoms with E-state index in [1.165, 1.54) is 12.1 Å². The first-order chi connectivity index (χ1) is 17.0. The molecule has 9 nitrogen and oxygen atoms in total. The molecule has 0 radical (unpaired) electrons. The van der Waals surface area contributed by atoms with Gasteiger partial charge in [0.1, 0.15) is 5.75 Å². The summed E-state index contributed by atoms with van der Waals surface area (Å²) in [5, 5.41) is 33.4. The van der Waals surface area contributed by atoms with Gasteiger partial charge in [0.15, 0.2) is 34.7 Å². The number of phenolic OH excluding ortho intramolecular Hbond substituents is 1. The van der Waals surface area contributed by atoms with E-state index in [9.17, 15) is 39.3 Å². The molecule has 0 aliphatic heterocycles. The van der Waals surface area contributed by atoms with E-state index in [0.717, 1.165) is 5.56 Å². The molecule has 2 aromatic rings. The van der Waals surface area contributed by atoms with Crippen molar-refractivity contribution in [2.45, 2.75) is 25.0 Å². The van der Waals surface area contributed by atoms with E-state index in [4.69, 9.17) is 5.73 Å². The van der Waals surface area contributed by atoms with Crippen molar-refractivity contribution in [3.05, 3.63) is 64.7 Å². The van der Waals surface area contributed by atoms with Crippen LogP contribution >= 0.6 is 0 Å². The van der Waals surface area contributed by atoms with E-state index in [-0.39, 0.29) is 5.56 Å². The van der Waals surface area contributed by atoms with Crippen LogP contribution in [0.1, 0.15) is 33.5 Å². The number of aliphatic hydroxyl groups excluding tert-OH is 1. The zero-order valence-electron chi connectivity index (χ0n) is 19.2. The maximum atomic E-state index is 13.7. The van der Waals surface area contributed by atoms with Gasteiger partial charge in [-0.05, 0) is 29.7 Å². The molecule has 0 aromatic heterocycles. The van der Waals surface area contributed by atoms with Crippen LogP contribution in [0, 0.1) is 30.6 Å². The number of fused-ring (bicyclic) bond motifs is 3. The Labute approximate surface area is 205 Å². The van der Waals surface area contributed by atoms with Gasteiger partial charge in [-0.2, -0.15) is 0 Å². The minimum absolute atomic E-state index is 0.175. The summed E-state index contributed by atoms with van der Waals surface area (Å²) in [4.78, 5) is 64.8. The second-order valence-electron chi connectivity index (χ2n) is 9.68. The topological polar surface area (TPSA) is 172 Å². The lowest BCUT2D eigenvalue weighted by Gasteiger charge is -2.51. The summed E-state index contributed by atoms with van der Waals surface area (Å²) >= 11 is 0. The predicted octanol–water partition coefficient (Wildman–Crippen LogP) is 0.604. The van der Waals surface area contributed by atoms with Crippen LogP contribution in [-0.2, 0) is 19.2 Å². The minimum atomic E-state index is -2.96. The molecule has 2 aromatic carbocycles.